The number of anilines is 2. The molecule has 0 spiro atoms. The van der Waals surface area contributed by atoms with E-state index in [1.165, 1.54) is 50.6 Å². The van der Waals surface area contributed by atoms with E-state index in [4.69, 9.17) is 54.0 Å². The van der Waals surface area contributed by atoms with E-state index >= 15 is 0 Å². The lowest BCUT2D eigenvalue weighted by atomic mass is 10.1. The van der Waals surface area contributed by atoms with Gasteiger partial charge in [-0.2, -0.15) is 0 Å². The molecule has 8 heterocycles. The number of hydrogen-bond donors (Lipinski definition) is 4. The topological polar surface area (TPSA) is 275 Å². The van der Waals surface area contributed by atoms with Gasteiger partial charge < -0.3 is 34.8 Å². The van der Waals surface area contributed by atoms with E-state index < -0.39 is 40.6 Å². The second kappa shape index (κ2) is 36.4. The summed E-state index contributed by atoms with van der Waals surface area (Å²) in [6.45, 7) is 7.69. The maximum absolute atomic E-state index is 13.7. The van der Waals surface area contributed by atoms with Crippen molar-refractivity contribution in [1.29, 1.82) is 0 Å². The van der Waals surface area contributed by atoms with E-state index in [0.717, 1.165) is 90.5 Å². The predicted molar refractivity (Wildman–Crippen MR) is 476 cm³/mol. The van der Waals surface area contributed by atoms with Crippen molar-refractivity contribution in [3.05, 3.63) is 364 Å². The molecule has 128 heavy (non-hydrogen) atoms. The number of phenols is 3. The summed E-state index contributed by atoms with van der Waals surface area (Å²) in [5.41, 5.74) is 14.3. The molecule has 0 aliphatic carbocycles. The number of nitrogens with zero attached hydrogens (tertiary/aromatic N) is 16. The molecule has 0 radical (unpaired) electrons. The van der Waals surface area contributed by atoms with Gasteiger partial charge in [0.05, 0.1) is 92.4 Å². The van der Waals surface area contributed by atoms with Crippen molar-refractivity contribution in [2.45, 2.75) is 27.7 Å². The Morgan fingerprint density at radius 2 is 0.664 bits per heavy atom. The van der Waals surface area contributed by atoms with Gasteiger partial charge in [-0.25, -0.2) is 65.0 Å². The fourth-order valence-corrected chi connectivity index (χ4v) is 14.5. The number of aromatic hydroxyl groups is 3. The highest BCUT2D eigenvalue weighted by Gasteiger charge is 2.20. The first-order valence-electron chi connectivity index (χ1n) is 39.0. The third-order valence-corrected chi connectivity index (χ3v) is 20.3. The molecule has 0 saturated carbocycles. The van der Waals surface area contributed by atoms with Crippen LogP contribution in [-0.4, -0.2) is 95.2 Å². The third-order valence-electron chi connectivity index (χ3n) is 19.6. The number of ether oxygens (including phenoxy) is 3. The van der Waals surface area contributed by atoms with Crippen LogP contribution in [0.15, 0.2) is 292 Å². The lowest BCUT2D eigenvalue weighted by molar-refractivity contribution is 0.395. The van der Waals surface area contributed by atoms with Gasteiger partial charge >= 0.3 is 0 Å². The second-order valence-electron chi connectivity index (χ2n) is 29.2. The van der Waals surface area contributed by atoms with Crippen LogP contribution in [-0.2, 0) is 0 Å². The normalized spacial score (nSPS) is 11.1. The molecular formula is C96H64Cl3F6N17O6. The molecule has 4 N–H and O–H groups in total. The van der Waals surface area contributed by atoms with Crippen molar-refractivity contribution < 1.29 is 55.9 Å². The minimum atomic E-state index is -1.09. The van der Waals surface area contributed by atoms with Gasteiger partial charge in [0.15, 0.2) is 40.6 Å². The molecular weight excluding hydrogens is 1710 g/mol. The standard InChI is InChI=1S/C24H15ClF2N4O2.C24H16ClFN4O2.C24H17ClN4O2.C24H16F3N5/c1-13-7-14(25)9-16(8-13)33-23-4-2-3-20-17(23)5-6-21(28-20)22-12-31(30-29-22)15-10-18(26)24(32)19(27)11-15;1-14-9-15(25)11-17(10-14)32-24-4-2-3-20-18(24)6-7-21(27-20)22-13-30(29-28-22)16-5-8-23(31)19(26)12-16;1-15-11-16(25)13-19(12-15)31-24-4-2-3-21-20(24)9-10-22(26-21)23-14-29(28-27-23)17-5-7-18(30)8-6-17;1-14-9-15(25)11-16(10-14)28-21-3-2-4-22-18(21)6-8-23(29-22)24-13-32(31-30-24)17-5-7-19(26)20(27)12-17/h2-12,32H,1H3;2-13,31H,1H3;2-14,30H,1H3;2-13,28H,1H3. The number of rotatable bonds is 16. The molecule has 0 fully saturated rings. The minimum absolute atomic E-state index is 0.0786. The Labute approximate surface area is 738 Å². The van der Waals surface area contributed by atoms with Crippen LogP contribution in [0.2, 0.25) is 15.1 Å². The molecule has 32 heteroatoms. The van der Waals surface area contributed by atoms with Gasteiger partial charge in [-0.3, -0.25) is 0 Å². The molecule has 8 aromatic heterocycles. The molecule has 12 aromatic carbocycles. The highest BCUT2D eigenvalue weighted by Crippen LogP contribution is 2.39. The van der Waals surface area contributed by atoms with Gasteiger partial charge in [0.25, 0.3) is 0 Å². The average Bonchev–Trinajstić information content (AvgIpc) is 1.57. The number of pyridine rings is 4. The van der Waals surface area contributed by atoms with Crippen LogP contribution in [0.25, 0.3) is 112 Å². The molecule has 0 unspecified atom stereocenters. The number of phenolic OH excluding ortho intramolecular Hbond substituents is 3. The summed E-state index contributed by atoms with van der Waals surface area (Å²) in [5, 5.41) is 69.2. The fourth-order valence-electron chi connectivity index (χ4n) is 13.7. The molecule has 632 valence electrons. The van der Waals surface area contributed by atoms with E-state index in [-0.39, 0.29) is 17.3 Å². The molecule has 20 rings (SSSR count). The zero-order valence-electron chi connectivity index (χ0n) is 67.3. The first kappa shape index (κ1) is 84.1. The summed E-state index contributed by atoms with van der Waals surface area (Å²) < 4.78 is 105. The molecule has 0 bridgehead atoms. The van der Waals surface area contributed by atoms with Crippen molar-refractivity contribution in [3.8, 4) is 120 Å². The molecule has 0 atom stereocenters. The van der Waals surface area contributed by atoms with Gasteiger partial charge in [-0.1, -0.05) is 79.9 Å². The van der Waals surface area contributed by atoms with Crippen LogP contribution in [0.1, 0.15) is 22.3 Å². The molecule has 0 aliphatic heterocycles. The van der Waals surface area contributed by atoms with E-state index in [2.05, 4.69) is 61.5 Å². The van der Waals surface area contributed by atoms with Crippen molar-refractivity contribution in [3.63, 3.8) is 0 Å². The monoisotopic (exact) mass is 1770 g/mol. The highest BCUT2D eigenvalue weighted by atomic mass is 35.5. The van der Waals surface area contributed by atoms with Crippen molar-refractivity contribution in [1.82, 2.24) is 79.9 Å². The van der Waals surface area contributed by atoms with Gasteiger partial charge in [0.1, 0.15) is 68.8 Å². The van der Waals surface area contributed by atoms with Gasteiger partial charge in [-0.05, 0) is 268 Å². The SMILES string of the molecule is Cc1cc(Cl)cc(Oc2cccc3nc(-c4cn(-c5cc(F)c(O)c(F)c5)nn4)ccc23)c1.Cc1cc(Cl)cc(Oc2cccc3nc(-c4cn(-c5ccc(O)c(F)c5)nn4)ccc23)c1.Cc1cc(Cl)cc(Oc2cccc3nc(-c4cn(-c5ccc(O)cc5)nn4)ccc23)c1.Cc1cc(F)cc(Nc2cccc3nc(-c4cn(-c5ccc(F)c(F)c5)nn4)ccc23)c1. The summed E-state index contributed by atoms with van der Waals surface area (Å²) in [7, 11) is 0. The number of hydrogen-bond acceptors (Lipinski definition) is 19. The molecule has 23 nitrogen and oxygen atoms in total. The largest absolute Gasteiger partial charge is 0.508 e. The van der Waals surface area contributed by atoms with Gasteiger partial charge in [0, 0.05) is 72.3 Å². The lowest BCUT2D eigenvalue weighted by Crippen LogP contribution is -1.97. The Morgan fingerprint density at radius 1 is 0.305 bits per heavy atom. The predicted octanol–water partition coefficient (Wildman–Crippen LogP) is 24.2. The number of benzene rings is 12. The summed E-state index contributed by atoms with van der Waals surface area (Å²) in [4.78, 5) is 18.7. The second-order valence-corrected chi connectivity index (χ2v) is 30.5. The molecule has 0 aliphatic rings. The number of aryl methyl sites for hydroxylation is 4. The van der Waals surface area contributed by atoms with Crippen LogP contribution < -0.4 is 19.5 Å². The van der Waals surface area contributed by atoms with E-state index in [0.29, 0.717) is 123 Å². The number of nitrogens with one attached hydrogen (secondary N) is 1. The first-order valence-corrected chi connectivity index (χ1v) is 40.1. The van der Waals surface area contributed by atoms with Crippen molar-refractivity contribution in [2.75, 3.05) is 5.32 Å². The van der Waals surface area contributed by atoms with Crippen LogP contribution in [0.5, 0.6) is 51.7 Å². The number of fused-ring (bicyclic) bond motifs is 4. The number of halogens is 9. The Hall–Kier alpha value is -16.1. The fraction of sp³-hybridized carbons (Fsp3) is 0.0417. The molecule has 0 amide bonds. The highest BCUT2D eigenvalue weighted by molar-refractivity contribution is 6.31. The zero-order valence-corrected chi connectivity index (χ0v) is 69.6. The summed E-state index contributed by atoms with van der Waals surface area (Å²) in [6.07, 6.45) is 6.54. The van der Waals surface area contributed by atoms with Crippen molar-refractivity contribution >= 4 is 89.8 Å². The first-order chi connectivity index (χ1) is 61.8. The summed E-state index contributed by atoms with van der Waals surface area (Å²) in [6, 6.07) is 74.9. The zero-order chi connectivity index (χ0) is 89.0. The van der Waals surface area contributed by atoms with E-state index in [1.807, 2.05) is 179 Å². The average molecular weight is 1770 g/mol. The summed E-state index contributed by atoms with van der Waals surface area (Å²) >= 11 is 18.4. The van der Waals surface area contributed by atoms with Crippen LogP contribution >= 0.6 is 34.8 Å². The third kappa shape index (κ3) is 19.3. The van der Waals surface area contributed by atoms with Crippen molar-refractivity contribution in [2.24, 2.45) is 0 Å². The Bertz CT molecular complexity index is 7310. The lowest BCUT2D eigenvalue weighted by Gasteiger charge is -2.11. The minimum Gasteiger partial charge on any atom is -0.508 e. The Kier molecular flexibility index (Phi) is 23.9. The Morgan fingerprint density at radius 3 is 1.07 bits per heavy atom. The quantitative estimate of drug-likeness (QED) is 0.0654. The van der Waals surface area contributed by atoms with E-state index in [9.17, 15) is 41.7 Å². The molecule has 20 aromatic rings. The van der Waals surface area contributed by atoms with E-state index in [1.54, 1.807) is 83.9 Å². The van der Waals surface area contributed by atoms with Crippen LogP contribution in [0.4, 0.5) is 37.7 Å². The van der Waals surface area contributed by atoms with Crippen LogP contribution in [0, 0.1) is 62.6 Å². The number of aromatic nitrogens is 16. The Balaban J connectivity index is 0.000000120. The molecule has 0 saturated heterocycles. The van der Waals surface area contributed by atoms with Gasteiger partial charge in [-0.15, -0.1) is 20.4 Å². The maximum Gasteiger partial charge on any atom is 0.187 e. The summed E-state index contributed by atoms with van der Waals surface area (Å²) in [5.74, 6) is -2.44. The maximum atomic E-state index is 13.7. The smallest absolute Gasteiger partial charge is 0.187 e. The van der Waals surface area contributed by atoms with Gasteiger partial charge in [0.2, 0.25) is 0 Å². The van der Waals surface area contributed by atoms with Crippen LogP contribution in [0.3, 0.4) is 0 Å².